The molecule has 4 rings (SSSR count). The number of hydrogen-bond donors (Lipinski definition) is 2. The molecule has 3 aromatic rings. The molecule has 1 aromatic heterocycles. The molecule has 0 radical (unpaired) electrons. The molecule has 146 valence electrons. The quantitative estimate of drug-likeness (QED) is 0.620. The van der Waals surface area contributed by atoms with Crippen molar-refractivity contribution in [3.05, 3.63) is 54.1 Å². The van der Waals surface area contributed by atoms with Gasteiger partial charge in [-0.1, -0.05) is 30.3 Å². The fraction of sp³-hybridized carbons (Fsp3) is 0.364. The van der Waals surface area contributed by atoms with Gasteiger partial charge in [-0.05, 0) is 43.0 Å². The Morgan fingerprint density at radius 2 is 1.93 bits per heavy atom. The SMILES string of the molecule is COc1ccccc1CCNc1nc(NCC2CCCO2)c2ccccc2n1. The largest absolute Gasteiger partial charge is 0.496 e. The number of nitrogens with zero attached hydrogens (tertiary/aromatic N) is 2. The number of anilines is 2. The third kappa shape index (κ3) is 4.34. The average Bonchev–Trinajstić information content (AvgIpc) is 3.26. The number of para-hydroxylation sites is 2. The lowest BCUT2D eigenvalue weighted by molar-refractivity contribution is 0.120. The molecule has 1 unspecified atom stereocenters. The van der Waals surface area contributed by atoms with Gasteiger partial charge in [-0.15, -0.1) is 0 Å². The van der Waals surface area contributed by atoms with Crippen LogP contribution in [0.3, 0.4) is 0 Å². The molecule has 1 saturated heterocycles. The van der Waals surface area contributed by atoms with Crippen LogP contribution in [-0.2, 0) is 11.2 Å². The molecule has 1 atom stereocenters. The van der Waals surface area contributed by atoms with Gasteiger partial charge < -0.3 is 20.1 Å². The Hall–Kier alpha value is -2.86. The van der Waals surface area contributed by atoms with E-state index in [0.29, 0.717) is 5.95 Å². The third-order valence-electron chi connectivity index (χ3n) is 4.99. The van der Waals surface area contributed by atoms with E-state index < -0.39 is 0 Å². The van der Waals surface area contributed by atoms with Gasteiger partial charge in [-0.25, -0.2) is 4.98 Å². The van der Waals surface area contributed by atoms with Crippen LogP contribution in [-0.4, -0.2) is 42.9 Å². The van der Waals surface area contributed by atoms with Gasteiger partial charge in [0.15, 0.2) is 0 Å². The number of aromatic nitrogens is 2. The summed E-state index contributed by atoms with van der Waals surface area (Å²) in [4.78, 5) is 9.38. The van der Waals surface area contributed by atoms with Crippen molar-refractivity contribution in [1.29, 1.82) is 0 Å². The van der Waals surface area contributed by atoms with Crippen molar-refractivity contribution < 1.29 is 9.47 Å². The molecular formula is C22H26N4O2. The zero-order chi connectivity index (χ0) is 19.2. The Kier molecular flexibility index (Phi) is 5.87. The van der Waals surface area contributed by atoms with E-state index in [4.69, 9.17) is 14.5 Å². The van der Waals surface area contributed by atoms with Crippen LogP contribution in [0.1, 0.15) is 18.4 Å². The Morgan fingerprint density at radius 1 is 1.07 bits per heavy atom. The molecule has 6 heteroatoms. The van der Waals surface area contributed by atoms with Crippen LogP contribution in [0.15, 0.2) is 48.5 Å². The van der Waals surface area contributed by atoms with Gasteiger partial charge in [-0.3, -0.25) is 0 Å². The lowest BCUT2D eigenvalue weighted by Gasteiger charge is -2.15. The van der Waals surface area contributed by atoms with E-state index in [1.165, 1.54) is 0 Å². The molecule has 28 heavy (non-hydrogen) atoms. The minimum atomic E-state index is 0.260. The summed E-state index contributed by atoms with van der Waals surface area (Å²) in [6.07, 6.45) is 3.32. The first kappa shape index (κ1) is 18.5. The van der Waals surface area contributed by atoms with E-state index in [0.717, 1.165) is 67.0 Å². The second-order valence-corrected chi connectivity index (χ2v) is 6.92. The van der Waals surface area contributed by atoms with Gasteiger partial charge in [0.1, 0.15) is 11.6 Å². The highest BCUT2D eigenvalue weighted by Gasteiger charge is 2.16. The fourth-order valence-electron chi connectivity index (χ4n) is 3.52. The molecule has 0 aliphatic carbocycles. The molecule has 2 N–H and O–H groups in total. The van der Waals surface area contributed by atoms with E-state index in [9.17, 15) is 0 Å². The summed E-state index contributed by atoms with van der Waals surface area (Å²) in [5.41, 5.74) is 2.09. The smallest absolute Gasteiger partial charge is 0.225 e. The van der Waals surface area contributed by atoms with E-state index in [-0.39, 0.29) is 6.10 Å². The fourth-order valence-corrected chi connectivity index (χ4v) is 3.52. The molecule has 2 heterocycles. The van der Waals surface area contributed by atoms with Crippen LogP contribution >= 0.6 is 0 Å². The van der Waals surface area contributed by atoms with Crippen LogP contribution in [0.2, 0.25) is 0 Å². The summed E-state index contributed by atoms with van der Waals surface area (Å²) in [6.45, 7) is 2.35. The summed E-state index contributed by atoms with van der Waals surface area (Å²) in [5.74, 6) is 2.38. The molecule has 1 aliphatic rings. The predicted octanol–water partition coefficient (Wildman–Crippen LogP) is 3.88. The van der Waals surface area contributed by atoms with Gasteiger partial charge in [0.05, 0.1) is 18.7 Å². The van der Waals surface area contributed by atoms with Gasteiger partial charge in [0.2, 0.25) is 5.95 Å². The normalized spacial score (nSPS) is 16.2. The van der Waals surface area contributed by atoms with Crippen LogP contribution < -0.4 is 15.4 Å². The van der Waals surface area contributed by atoms with Crippen LogP contribution in [0.5, 0.6) is 5.75 Å². The Balaban J connectivity index is 1.47. The molecule has 0 bridgehead atoms. The highest BCUT2D eigenvalue weighted by Crippen LogP contribution is 2.23. The number of nitrogens with one attached hydrogen (secondary N) is 2. The van der Waals surface area contributed by atoms with E-state index in [2.05, 4.69) is 21.7 Å². The second-order valence-electron chi connectivity index (χ2n) is 6.92. The number of fused-ring (bicyclic) bond motifs is 1. The van der Waals surface area contributed by atoms with Gasteiger partial charge in [-0.2, -0.15) is 4.98 Å². The van der Waals surface area contributed by atoms with Gasteiger partial charge >= 0.3 is 0 Å². The highest BCUT2D eigenvalue weighted by atomic mass is 16.5. The first-order valence-electron chi connectivity index (χ1n) is 9.81. The molecule has 1 fully saturated rings. The Morgan fingerprint density at radius 3 is 2.79 bits per heavy atom. The lowest BCUT2D eigenvalue weighted by atomic mass is 10.1. The van der Waals surface area contributed by atoms with Gasteiger partial charge in [0, 0.05) is 25.1 Å². The van der Waals surface area contributed by atoms with Crippen molar-refractivity contribution in [2.45, 2.75) is 25.4 Å². The topological polar surface area (TPSA) is 68.3 Å². The minimum absolute atomic E-state index is 0.260. The lowest BCUT2D eigenvalue weighted by Crippen LogP contribution is -2.19. The molecule has 0 saturated carbocycles. The third-order valence-corrected chi connectivity index (χ3v) is 4.99. The van der Waals surface area contributed by atoms with E-state index in [1.807, 2.05) is 42.5 Å². The van der Waals surface area contributed by atoms with E-state index >= 15 is 0 Å². The molecular weight excluding hydrogens is 352 g/mol. The molecule has 2 aromatic carbocycles. The molecule has 6 nitrogen and oxygen atoms in total. The Bertz CT molecular complexity index is 925. The molecule has 1 aliphatic heterocycles. The number of hydrogen-bond acceptors (Lipinski definition) is 6. The predicted molar refractivity (Wildman–Crippen MR) is 112 cm³/mol. The van der Waals surface area contributed by atoms with Crippen molar-refractivity contribution in [3.63, 3.8) is 0 Å². The van der Waals surface area contributed by atoms with Crippen molar-refractivity contribution in [2.75, 3.05) is 37.4 Å². The first-order chi connectivity index (χ1) is 13.8. The summed E-state index contributed by atoms with van der Waals surface area (Å²) >= 11 is 0. The Labute approximate surface area is 165 Å². The summed E-state index contributed by atoms with van der Waals surface area (Å²) in [7, 11) is 1.70. The molecule has 0 spiro atoms. The average molecular weight is 378 g/mol. The van der Waals surface area contributed by atoms with Crippen LogP contribution in [0.25, 0.3) is 10.9 Å². The maximum atomic E-state index is 5.72. The highest BCUT2D eigenvalue weighted by molar-refractivity contribution is 5.90. The second kappa shape index (κ2) is 8.89. The number of ether oxygens (including phenoxy) is 2. The van der Waals surface area contributed by atoms with Crippen molar-refractivity contribution >= 4 is 22.7 Å². The summed E-state index contributed by atoms with van der Waals surface area (Å²) < 4.78 is 11.1. The van der Waals surface area contributed by atoms with Crippen molar-refractivity contribution in [2.24, 2.45) is 0 Å². The van der Waals surface area contributed by atoms with Crippen molar-refractivity contribution in [1.82, 2.24) is 9.97 Å². The zero-order valence-corrected chi connectivity index (χ0v) is 16.1. The maximum absolute atomic E-state index is 5.72. The first-order valence-corrected chi connectivity index (χ1v) is 9.81. The standard InChI is InChI=1S/C22H26N4O2/c1-27-20-11-5-2-7-16(20)12-13-23-22-25-19-10-4-3-9-18(19)21(26-22)24-15-17-8-6-14-28-17/h2-5,7,9-11,17H,6,8,12-15H2,1H3,(H2,23,24,25,26). The van der Waals surface area contributed by atoms with Crippen molar-refractivity contribution in [3.8, 4) is 5.75 Å². The van der Waals surface area contributed by atoms with Gasteiger partial charge in [0.25, 0.3) is 0 Å². The summed E-state index contributed by atoms with van der Waals surface area (Å²) in [5, 5.41) is 7.84. The molecule has 0 amide bonds. The van der Waals surface area contributed by atoms with Crippen LogP contribution in [0, 0.1) is 0 Å². The maximum Gasteiger partial charge on any atom is 0.225 e. The number of benzene rings is 2. The van der Waals surface area contributed by atoms with Crippen LogP contribution in [0.4, 0.5) is 11.8 Å². The zero-order valence-electron chi connectivity index (χ0n) is 16.1. The number of methoxy groups -OCH3 is 1. The monoisotopic (exact) mass is 378 g/mol. The summed E-state index contributed by atoms with van der Waals surface area (Å²) in [6, 6.07) is 16.1. The van der Waals surface area contributed by atoms with E-state index in [1.54, 1.807) is 7.11 Å². The minimum Gasteiger partial charge on any atom is -0.496 e. The number of rotatable bonds is 8.